The van der Waals surface area contributed by atoms with Crippen LogP contribution >= 0.6 is 11.8 Å². The van der Waals surface area contributed by atoms with Crippen LogP contribution in [0.25, 0.3) is 0 Å². The third kappa shape index (κ3) is 5.27. The monoisotopic (exact) mass is 395 g/mol. The SMILES string of the molecule is C#CCNC1=NC(=O)SC1=CC1CCN(Cc2ccccc2C(C)(C)C)CC1. The third-order valence-corrected chi connectivity index (χ3v) is 6.05. The minimum atomic E-state index is -0.165. The molecule has 2 heterocycles. The smallest absolute Gasteiger partial charge is 0.311 e. The number of hydrogen-bond acceptors (Lipinski definition) is 4. The van der Waals surface area contributed by atoms with Gasteiger partial charge in [0.15, 0.2) is 0 Å². The Kier molecular flexibility index (Phi) is 6.64. The molecule has 0 aromatic heterocycles. The van der Waals surface area contributed by atoms with Crippen molar-refractivity contribution in [1.82, 2.24) is 10.2 Å². The van der Waals surface area contributed by atoms with Crippen LogP contribution in [0.4, 0.5) is 4.79 Å². The third-order valence-electron chi connectivity index (χ3n) is 5.23. The number of nitrogens with zero attached hydrogens (tertiary/aromatic N) is 2. The van der Waals surface area contributed by atoms with E-state index in [2.05, 4.69) is 72.2 Å². The van der Waals surface area contributed by atoms with Gasteiger partial charge in [0.2, 0.25) is 0 Å². The zero-order valence-electron chi connectivity index (χ0n) is 17.0. The molecule has 2 aliphatic rings. The Labute approximate surface area is 172 Å². The van der Waals surface area contributed by atoms with Gasteiger partial charge in [-0.3, -0.25) is 9.69 Å². The largest absolute Gasteiger partial charge is 0.358 e. The molecule has 0 aliphatic carbocycles. The highest BCUT2D eigenvalue weighted by molar-refractivity contribution is 8.18. The highest BCUT2D eigenvalue weighted by Crippen LogP contribution is 2.31. The predicted molar refractivity (Wildman–Crippen MR) is 118 cm³/mol. The van der Waals surface area contributed by atoms with E-state index >= 15 is 0 Å². The molecule has 0 spiro atoms. The van der Waals surface area contributed by atoms with Gasteiger partial charge in [-0.15, -0.1) is 6.42 Å². The molecule has 4 nitrogen and oxygen atoms in total. The number of aliphatic imine (C=N–C) groups is 1. The molecule has 1 N–H and O–H groups in total. The standard InChI is InChI=1S/C23H29N3OS/c1-5-12-24-21-20(28-22(27)25-21)15-17-10-13-26(14-11-17)16-18-8-6-7-9-19(18)23(2,3)4/h1,6-9,15,17H,10-14,16H2,2-4H3,(H,24,25,27). The molecule has 28 heavy (non-hydrogen) atoms. The van der Waals surface area contributed by atoms with Gasteiger partial charge in [-0.05, 0) is 60.2 Å². The molecule has 0 bridgehead atoms. The molecule has 0 unspecified atom stereocenters. The summed E-state index contributed by atoms with van der Waals surface area (Å²) in [5.74, 6) is 3.64. The topological polar surface area (TPSA) is 44.7 Å². The van der Waals surface area contributed by atoms with Gasteiger partial charge < -0.3 is 5.32 Å². The Balaban J connectivity index is 1.59. The molecule has 1 saturated heterocycles. The summed E-state index contributed by atoms with van der Waals surface area (Å²) in [5.41, 5.74) is 3.02. The average Bonchev–Trinajstić information content (AvgIpc) is 3.00. The summed E-state index contributed by atoms with van der Waals surface area (Å²) in [6.07, 6.45) is 9.70. The number of carbonyl (C=O) groups is 1. The number of hydrogen-bond donors (Lipinski definition) is 1. The van der Waals surface area contributed by atoms with Gasteiger partial charge in [0.05, 0.1) is 11.4 Å². The van der Waals surface area contributed by atoms with Crippen LogP contribution in [0.5, 0.6) is 0 Å². The fourth-order valence-electron chi connectivity index (χ4n) is 3.81. The van der Waals surface area contributed by atoms with Crippen molar-refractivity contribution < 1.29 is 4.79 Å². The second-order valence-corrected chi connectivity index (χ2v) is 9.43. The van der Waals surface area contributed by atoms with E-state index in [-0.39, 0.29) is 10.7 Å². The first-order valence-electron chi connectivity index (χ1n) is 9.87. The summed E-state index contributed by atoms with van der Waals surface area (Å²) in [7, 11) is 0. The number of terminal acetylenes is 1. The molecule has 1 amide bonds. The van der Waals surface area contributed by atoms with Crippen molar-refractivity contribution >= 4 is 22.8 Å². The molecule has 2 aliphatic heterocycles. The minimum Gasteiger partial charge on any atom is -0.358 e. The molecular weight excluding hydrogens is 366 g/mol. The lowest BCUT2D eigenvalue weighted by Gasteiger charge is -2.32. The van der Waals surface area contributed by atoms with E-state index < -0.39 is 0 Å². The lowest BCUT2D eigenvalue weighted by molar-refractivity contribution is 0.194. The van der Waals surface area contributed by atoms with Crippen LogP contribution in [0.3, 0.4) is 0 Å². The number of carbonyl (C=O) groups excluding carboxylic acids is 1. The number of piperidine rings is 1. The fourth-order valence-corrected chi connectivity index (χ4v) is 4.61. The number of benzene rings is 1. The van der Waals surface area contributed by atoms with Gasteiger partial charge in [-0.25, -0.2) is 0 Å². The van der Waals surface area contributed by atoms with Gasteiger partial charge in [0.25, 0.3) is 0 Å². The number of allylic oxidation sites excluding steroid dienone is 1. The highest BCUT2D eigenvalue weighted by atomic mass is 32.2. The Bertz CT molecular complexity index is 821. The first kappa shape index (κ1) is 20.7. The molecule has 5 heteroatoms. The maximum atomic E-state index is 11.7. The van der Waals surface area contributed by atoms with Crippen molar-refractivity contribution in [1.29, 1.82) is 0 Å². The highest BCUT2D eigenvalue weighted by Gasteiger charge is 2.25. The van der Waals surface area contributed by atoms with Crippen molar-refractivity contribution in [2.24, 2.45) is 10.9 Å². The van der Waals surface area contributed by atoms with Crippen LogP contribution in [-0.4, -0.2) is 35.6 Å². The molecule has 1 aromatic rings. The van der Waals surface area contributed by atoms with Gasteiger partial charge in [0, 0.05) is 6.54 Å². The van der Waals surface area contributed by atoms with Crippen LogP contribution in [0, 0.1) is 18.3 Å². The normalized spacial score (nSPS) is 20.3. The summed E-state index contributed by atoms with van der Waals surface area (Å²) in [5, 5.41) is 2.89. The molecule has 0 radical (unpaired) electrons. The maximum Gasteiger partial charge on any atom is 0.311 e. The summed E-state index contributed by atoms with van der Waals surface area (Å²) < 4.78 is 0. The summed E-state index contributed by atoms with van der Waals surface area (Å²) >= 11 is 1.20. The summed E-state index contributed by atoms with van der Waals surface area (Å²) in [6, 6.07) is 8.79. The molecule has 3 rings (SSSR count). The van der Waals surface area contributed by atoms with Crippen molar-refractivity contribution in [3.05, 3.63) is 46.4 Å². The summed E-state index contributed by atoms with van der Waals surface area (Å²) in [4.78, 5) is 19.2. The van der Waals surface area contributed by atoms with Gasteiger partial charge >= 0.3 is 5.24 Å². The molecule has 1 fully saturated rings. The Hall–Kier alpha value is -2.03. The molecule has 0 atom stereocenters. The van der Waals surface area contributed by atoms with Crippen molar-refractivity contribution in [2.45, 2.75) is 45.6 Å². The lowest BCUT2D eigenvalue weighted by atomic mass is 9.83. The van der Waals surface area contributed by atoms with Crippen molar-refractivity contribution in [3.8, 4) is 12.3 Å². The molecular formula is C23H29N3OS. The first-order valence-corrected chi connectivity index (χ1v) is 10.7. The predicted octanol–water partition coefficient (Wildman–Crippen LogP) is 4.57. The van der Waals surface area contributed by atoms with E-state index in [0.717, 1.165) is 37.4 Å². The number of likely N-dealkylation sites (tertiary alicyclic amines) is 1. The summed E-state index contributed by atoms with van der Waals surface area (Å²) in [6.45, 7) is 10.3. The number of rotatable bonds is 4. The number of amidine groups is 1. The van der Waals surface area contributed by atoms with Crippen molar-refractivity contribution in [2.75, 3.05) is 19.6 Å². The van der Waals surface area contributed by atoms with E-state index in [1.165, 1.54) is 22.9 Å². The van der Waals surface area contributed by atoms with E-state index in [1.807, 2.05) is 0 Å². The van der Waals surface area contributed by atoms with E-state index in [4.69, 9.17) is 6.42 Å². The van der Waals surface area contributed by atoms with Gasteiger partial charge in [0.1, 0.15) is 5.84 Å². The quantitative estimate of drug-likeness (QED) is 0.759. The number of amides is 1. The second-order valence-electron chi connectivity index (χ2n) is 8.44. The van der Waals surface area contributed by atoms with Crippen LogP contribution in [-0.2, 0) is 12.0 Å². The van der Waals surface area contributed by atoms with Crippen molar-refractivity contribution in [3.63, 3.8) is 0 Å². The van der Waals surface area contributed by atoms with Crippen LogP contribution < -0.4 is 5.32 Å². The van der Waals surface area contributed by atoms with E-state index in [0.29, 0.717) is 18.3 Å². The van der Waals surface area contributed by atoms with Crippen LogP contribution in [0.15, 0.2) is 40.2 Å². The minimum absolute atomic E-state index is 0.159. The first-order chi connectivity index (χ1) is 13.4. The van der Waals surface area contributed by atoms with Crippen LogP contribution in [0.1, 0.15) is 44.7 Å². The Morgan fingerprint density at radius 3 is 2.71 bits per heavy atom. The van der Waals surface area contributed by atoms with Gasteiger partial charge in [-0.1, -0.05) is 57.0 Å². The lowest BCUT2D eigenvalue weighted by Crippen LogP contribution is -2.33. The van der Waals surface area contributed by atoms with Gasteiger partial charge in [-0.2, -0.15) is 4.99 Å². The Morgan fingerprint density at radius 2 is 2.04 bits per heavy atom. The van der Waals surface area contributed by atoms with E-state index in [1.54, 1.807) is 0 Å². The maximum absolute atomic E-state index is 11.7. The number of nitrogens with one attached hydrogen (secondary N) is 1. The number of thioether (sulfide) groups is 1. The zero-order chi connectivity index (χ0) is 20.1. The molecule has 148 valence electrons. The Morgan fingerprint density at radius 1 is 1.32 bits per heavy atom. The fraction of sp³-hybridized carbons (Fsp3) is 0.478. The second kappa shape index (κ2) is 8.98. The molecule has 0 saturated carbocycles. The van der Waals surface area contributed by atoms with Crippen LogP contribution in [0.2, 0.25) is 0 Å². The van der Waals surface area contributed by atoms with E-state index in [9.17, 15) is 4.79 Å². The zero-order valence-corrected chi connectivity index (χ0v) is 17.8. The molecule has 1 aromatic carbocycles. The average molecular weight is 396 g/mol.